The highest BCUT2D eigenvalue weighted by molar-refractivity contribution is 7.99. The molecule has 1 saturated heterocycles. The highest BCUT2D eigenvalue weighted by Crippen LogP contribution is 2.53. The monoisotopic (exact) mass is 567 g/mol. The molecular formula is C27H30ClN7OS2. The van der Waals surface area contributed by atoms with Crippen LogP contribution in [0.15, 0.2) is 52.6 Å². The van der Waals surface area contributed by atoms with Crippen LogP contribution < -0.4 is 15.4 Å². The topological polar surface area (TPSA) is 127 Å². The van der Waals surface area contributed by atoms with Crippen molar-refractivity contribution in [3.8, 4) is 6.07 Å². The lowest BCUT2D eigenvalue weighted by atomic mass is 9.73. The molecule has 38 heavy (non-hydrogen) atoms. The normalized spacial score (nSPS) is 19.3. The molecule has 1 fully saturated rings. The van der Waals surface area contributed by atoms with Crippen molar-refractivity contribution >= 4 is 46.4 Å². The summed E-state index contributed by atoms with van der Waals surface area (Å²) >= 11 is 6.39. The van der Waals surface area contributed by atoms with E-state index in [4.69, 9.17) is 17.3 Å². The first kappa shape index (κ1) is 27.0. The number of nitrogens with one attached hydrogen (secondary N) is 1. The number of rotatable bonds is 5. The number of anilines is 2. The van der Waals surface area contributed by atoms with E-state index in [0.29, 0.717) is 20.8 Å². The molecule has 3 aromatic rings. The largest absolute Gasteiger partial charge is 0.598 e. The van der Waals surface area contributed by atoms with Gasteiger partial charge in [0.1, 0.15) is 21.7 Å². The van der Waals surface area contributed by atoms with E-state index in [1.54, 1.807) is 18.5 Å². The number of piperidine rings is 1. The zero-order valence-corrected chi connectivity index (χ0v) is 24.0. The fraction of sp³-hybridized carbons (Fsp3) is 0.407. The lowest BCUT2D eigenvalue weighted by Gasteiger charge is -2.44. The van der Waals surface area contributed by atoms with Crippen molar-refractivity contribution in [1.82, 2.24) is 19.7 Å². The third-order valence-electron chi connectivity index (χ3n) is 7.29. The Balaban J connectivity index is 1.35. The summed E-state index contributed by atoms with van der Waals surface area (Å²) in [5.41, 5.74) is 8.61. The Hall–Kier alpha value is -2.55. The molecule has 1 unspecified atom stereocenters. The van der Waals surface area contributed by atoms with Crippen molar-refractivity contribution < 1.29 is 4.55 Å². The van der Waals surface area contributed by atoms with Gasteiger partial charge in [0.25, 0.3) is 0 Å². The van der Waals surface area contributed by atoms with Gasteiger partial charge in [-0.05, 0) is 57.2 Å². The number of nitrogens with two attached hydrogens (primary N) is 1. The van der Waals surface area contributed by atoms with Crippen LogP contribution in [0.25, 0.3) is 0 Å². The summed E-state index contributed by atoms with van der Waals surface area (Å²) in [5.74, 6) is 0.836. The fourth-order valence-corrected chi connectivity index (χ4v) is 7.21. The summed E-state index contributed by atoms with van der Waals surface area (Å²) < 4.78 is 16.3. The zero-order chi connectivity index (χ0) is 27.1. The Bertz CT molecular complexity index is 1380. The average Bonchev–Trinajstić information content (AvgIpc) is 3.19. The zero-order valence-electron chi connectivity index (χ0n) is 21.6. The molecule has 2 atom stereocenters. The van der Waals surface area contributed by atoms with E-state index in [2.05, 4.69) is 54.9 Å². The van der Waals surface area contributed by atoms with Crippen LogP contribution in [0.3, 0.4) is 0 Å². The molecule has 1 aliphatic carbocycles. The lowest BCUT2D eigenvalue weighted by molar-refractivity contribution is 0.176. The maximum absolute atomic E-state index is 13.1. The summed E-state index contributed by atoms with van der Waals surface area (Å²) in [6.45, 7) is 7.45. The minimum atomic E-state index is -1.19. The van der Waals surface area contributed by atoms with Crippen LogP contribution in [0.4, 0.5) is 11.6 Å². The number of nitriles is 1. The molecule has 0 saturated carbocycles. The number of hydrogen-bond donors (Lipinski definition) is 2. The van der Waals surface area contributed by atoms with Gasteiger partial charge in [-0.3, -0.25) is 0 Å². The average molecular weight is 568 g/mol. The molecule has 5 rings (SSSR count). The summed E-state index contributed by atoms with van der Waals surface area (Å²) in [4.78, 5) is 16.0. The van der Waals surface area contributed by atoms with Crippen LogP contribution in [0.5, 0.6) is 0 Å². The first-order valence-corrected chi connectivity index (χ1v) is 14.8. The van der Waals surface area contributed by atoms with Crippen LogP contribution >= 0.6 is 23.4 Å². The van der Waals surface area contributed by atoms with Crippen LogP contribution in [0.1, 0.15) is 56.5 Å². The Kier molecular flexibility index (Phi) is 7.50. The number of nitrogens with zero attached hydrogens (tertiary/aromatic N) is 5. The Morgan fingerprint density at radius 2 is 1.97 bits per heavy atom. The first-order valence-electron chi connectivity index (χ1n) is 12.5. The first-order chi connectivity index (χ1) is 18.1. The van der Waals surface area contributed by atoms with Crippen LogP contribution in [0.2, 0.25) is 5.02 Å². The molecule has 0 bridgehead atoms. The summed E-state index contributed by atoms with van der Waals surface area (Å²) in [6.07, 6.45) is 5.96. The van der Waals surface area contributed by atoms with Gasteiger partial charge in [-0.25, -0.2) is 15.0 Å². The maximum Gasteiger partial charge on any atom is 0.184 e. The van der Waals surface area contributed by atoms with Crippen LogP contribution in [-0.4, -0.2) is 37.3 Å². The molecule has 0 amide bonds. The number of fused-ring (bicyclic) bond motifs is 1. The van der Waals surface area contributed by atoms with Crippen molar-refractivity contribution in [2.75, 3.05) is 23.7 Å². The second kappa shape index (κ2) is 10.5. The predicted molar refractivity (Wildman–Crippen MR) is 152 cm³/mol. The maximum atomic E-state index is 13.1. The Labute approximate surface area is 235 Å². The molecule has 2 aliphatic rings. The van der Waals surface area contributed by atoms with E-state index in [-0.39, 0.29) is 27.7 Å². The minimum Gasteiger partial charge on any atom is -0.598 e. The van der Waals surface area contributed by atoms with Crippen molar-refractivity contribution in [2.45, 2.75) is 60.7 Å². The van der Waals surface area contributed by atoms with E-state index in [1.165, 1.54) is 22.9 Å². The number of nitrogen functional groups attached to an aromatic ring is 1. The Morgan fingerprint density at radius 1 is 1.24 bits per heavy atom. The minimum absolute atomic E-state index is 0.0127. The molecule has 198 valence electrons. The van der Waals surface area contributed by atoms with Gasteiger partial charge in [0.05, 0.1) is 17.3 Å². The van der Waals surface area contributed by atoms with Crippen LogP contribution in [0, 0.1) is 16.7 Å². The molecule has 1 aromatic carbocycles. The molecule has 3 heterocycles. The fourth-order valence-electron chi connectivity index (χ4n) is 5.24. The van der Waals surface area contributed by atoms with E-state index in [0.717, 1.165) is 32.4 Å². The van der Waals surface area contributed by atoms with Gasteiger partial charge >= 0.3 is 0 Å². The van der Waals surface area contributed by atoms with E-state index < -0.39 is 11.4 Å². The number of benzene rings is 1. The highest BCUT2D eigenvalue weighted by Gasteiger charge is 2.50. The molecule has 3 N–H and O–H groups in total. The highest BCUT2D eigenvalue weighted by atomic mass is 35.5. The van der Waals surface area contributed by atoms with E-state index >= 15 is 0 Å². The third kappa shape index (κ3) is 5.18. The molecular weight excluding hydrogens is 538 g/mol. The number of halogens is 1. The number of hydrogen-bond acceptors (Lipinski definition) is 9. The second-order valence-electron chi connectivity index (χ2n) is 10.8. The summed E-state index contributed by atoms with van der Waals surface area (Å²) in [7, 11) is 0. The van der Waals surface area contributed by atoms with Gasteiger partial charge in [0.2, 0.25) is 0 Å². The summed E-state index contributed by atoms with van der Waals surface area (Å²) in [6, 6.07) is 12.5. The van der Waals surface area contributed by atoms with Crippen molar-refractivity contribution in [1.29, 1.82) is 5.26 Å². The van der Waals surface area contributed by atoms with Crippen LogP contribution in [-0.2, 0) is 17.8 Å². The van der Waals surface area contributed by atoms with Gasteiger partial charge in [-0.15, -0.1) is 4.72 Å². The van der Waals surface area contributed by atoms with Gasteiger partial charge in [-0.1, -0.05) is 47.6 Å². The molecule has 1 spiro atoms. The van der Waals surface area contributed by atoms with Crippen molar-refractivity contribution in [2.24, 2.45) is 5.41 Å². The molecule has 2 aromatic heterocycles. The predicted octanol–water partition coefficient (Wildman–Crippen LogP) is 5.07. The quantitative estimate of drug-likeness (QED) is 0.406. The summed E-state index contributed by atoms with van der Waals surface area (Å²) in [5, 5.41) is 10.8. The molecule has 11 heteroatoms. The third-order valence-corrected chi connectivity index (χ3v) is 10.3. The van der Waals surface area contributed by atoms with Gasteiger partial charge in [-0.2, -0.15) is 5.26 Å². The smallest absolute Gasteiger partial charge is 0.184 e. The molecule has 8 nitrogen and oxygen atoms in total. The van der Waals surface area contributed by atoms with Gasteiger partial charge in [0.15, 0.2) is 11.5 Å². The lowest BCUT2D eigenvalue weighted by Crippen LogP contribution is -2.50. The SMILES string of the molecule is CC(C)(C)[S+]([O-])N[C@@H]1c2ccccc2CC12CCN(c1ncc(Sc3ccnc(N)c3Cl)nc1C#N)CC2. The standard InChI is InChI=1S/C27H30ClN7OS2/c1-26(2,3)38(36)34-23-18-7-5-4-6-17(18)14-27(23)9-12-35(13-10-27)25-19(15-29)33-21(16-32-25)37-20-8-11-31-24(30)22(20)28/h4-8,11,16,23,34H,9-10,12-14H2,1-3H3,(H2,30,31)/t23-,38?/m1/s1. The van der Waals surface area contributed by atoms with E-state index in [1.807, 2.05) is 20.8 Å². The number of pyridine rings is 1. The van der Waals surface area contributed by atoms with Gasteiger partial charge in [0, 0.05) is 41.0 Å². The van der Waals surface area contributed by atoms with E-state index in [9.17, 15) is 9.81 Å². The number of aromatic nitrogens is 3. The molecule has 1 aliphatic heterocycles. The van der Waals surface area contributed by atoms with Crippen molar-refractivity contribution in [3.63, 3.8) is 0 Å². The second-order valence-corrected chi connectivity index (χ2v) is 14.2. The van der Waals surface area contributed by atoms with Crippen molar-refractivity contribution in [3.05, 3.63) is 64.6 Å². The Morgan fingerprint density at radius 3 is 2.68 bits per heavy atom. The van der Waals surface area contributed by atoms with Gasteiger partial charge < -0.3 is 15.2 Å². The molecule has 0 radical (unpaired) electrons.